The number of hydrogen-bond acceptors (Lipinski definition) is 5. The summed E-state index contributed by atoms with van der Waals surface area (Å²) in [6, 6.07) is 0. The molecule has 5 heteroatoms. The minimum atomic E-state index is -0.105. The molecule has 0 saturated carbocycles. The van der Waals surface area contributed by atoms with Crippen LogP contribution in [0.5, 0.6) is 0 Å². The highest BCUT2D eigenvalue weighted by Gasteiger charge is 2.13. The highest BCUT2D eigenvalue weighted by Crippen LogP contribution is 2.01. The fourth-order valence-electron chi connectivity index (χ4n) is 0.733. The van der Waals surface area contributed by atoms with Crippen LogP contribution in [0.25, 0.3) is 0 Å². The van der Waals surface area contributed by atoms with E-state index in [1.165, 1.54) is 0 Å². The van der Waals surface area contributed by atoms with Crippen LogP contribution in [0.2, 0.25) is 0 Å². The Labute approximate surface area is 63.8 Å². The predicted octanol–water partition coefficient (Wildman–Crippen LogP) is -0.220. The number of aryl methyl sites for hydroxylation is 1. The van der Waals surface area contributed by atoms with E-state index in [1.54, 1.807) is 14.0 Å². The minimum Gasteiger partial charge on any atom is -0.342 e. The number of carbonyl (C=O) groups excluding carboxylic acids is 1. The van der Waals surface area contributed by atoms with Crippen LogP contribution < -0.4 is 5.32 Å². The fraction of sp³-hybridized carbons (Fsp3) is 0.500. The molecule has 1 aromatic heterocycles. The molecule has 5 nitrogen and oxygen atoms in total. The second kappa shape index (κ2) is 3.25. The summed E-state index contributed by atoms with van der Waals surface area (Å²) in [7, 11) is 1.70. The van der Waals surface area contributed by atoms with Crippen molar-refractivity contribution < 1.29 is 9.32 Å². The largest absolute Gasteiger partial charge is 0.342 e. The van der Waals surface area contributed by atoms with Crippen LogP contribution in [0.4, 0.5) is 0 Å². The average molecular weight is 155 g/mol. The molecule has 0 aliphatic carbocycles. The van der Waals surface area contributed by atoms with Gasteiger partial charge in [-0.15, -0.1) is 5.10 Å². The summed E-state index contributed by atoms with van der Waals surface area (Å²) in [5, 5.41) is 9.50. The van der Waals surface area contributed by atoms with Crippen molar-refractivity contribution in [1.82, 2.24) is 15.7 Å². The molecule has 0 saturated heterocycles. The Morgan fingerprint density at radius 1 is 1.73 bits per heavy atom. The first kappa shape index (κ1) is 7.87. The Balaban J connectivity index is 2.76. The lowest BCUT2D eigenvalue weighted by Gasteiger charge is -1.92. The van der Waals surface area contributed by atoms with Gasteiger partial charge in [0.15, 0.2) is 17.2 Å². The van der Waals surface area contributed by atoms with Crippen LogP contribution in [0, 0.1) is 6.92 Å². The molecule has 0 unspecified atom stereocenters. The van der Waals surface area contributed by atoms with Crippen LogP contribution in [0.3, 0.4) is 0 Å². The van der Waals surface area contributed by atoms with Gasteiger partial charge >= 0.3 is 0 Å². The van der Waals surface area contributed by atoms with Crippen LogP contribution >= 0.6 is 0 Å². The number of Topliss-reactive ketones (excluding diaryl/α,β-unsaturated/α-hetero) is 1. The van der Waals surface area contributed by atoms with Crippen LogP contribution in [0.15, 0.2) is 4.52 Å². The standard InChI is InChI=1S/C6H9N3O2/c1-4-6(8-9-11-4)5(10)3-7-2/h7H,3H2,1-2H3. The fourth-order valence-corrected chi connectivity index (χ4v) is 0.733. The molecule has 1 N–H and O–H groups in total. The molecule has 1 rings (SSSR count). The summed E-state index contributed by atoms with van der Waals surface area (Å²) < 4.78 is 4.62. The van der Waals surface area contributed by atoms with Gasteiger partial charge in [0.2, 0.25) is 0 Å². The highest BCUT2D eigenvalue weighted by atomic mass is 16.5. The zero-order valence-corrected chi connectivity index (χ0v) is 6.42. The third-order valence-corrected chi connectivity index (χ3v) is 1.25. The quantitative estimate of drug-likeness (QED) is 0.611. The van der Waals surface area contributed by atoms with Gasteiger partial charge in [-0.05, 0) is 14.0 Å². The number of hydrogen-bond donors (Lipinski definition) is 1. The van der Waals surface area contributed by atoms with Gasteiger partial charge in [0.05, 0.1) is 6.54 Å². The van der Waals surface area contributed by atoms with Gasteiger partial charge in [0.1, 0.15) is 0 Å². The molecule has 0 radical (unpaired) electrons. The second-order valence-electron chi connectivity index (χ2n) is 2.13. The Morgan fingerprint density at radius 3 is 2.91 bits per heavy atom. The topological polar surface area (TPSA) is 68.0 Å². The first-order valence-electron chi connectivity index (χ1n) is 3.22. The lowest BCUT2D eigenvalue weighted by Crippen LogP contribution is -2.19. The van der Waals surface area contributed by atoms with E-state index in [1.807, 2.05) is 0 Å². The molecule has 0 amide bonds. The molecule has 0 aliphatic rings. The van der Waals surface area contributed by atoms with E-state index in [4.69, 9.17) is 0 Å². The second-order valence-corrected chi connectivity index (χ2v) is 2.13. The van der Waals surface area contributed by atoms with Gasteiger partial charge in [-0.25, -0.2) is 0 Å². The van der Waals surface area contributed by atoms with Crippen LogP contribution in [-0.2, 0) is 0 Å². The van der Waals surface area contributed by atoms with Crippen molar-refractivity contribution in [1.29, 1.82) is 0 Å². The van der Waals surface area contributed by atoms with Gasteiger partial charge in [-0.3, -0.25) is 4.79 Å². The zero-order valence-electron chi connectivity index (χ0n) is 6.42. The Bertz CT molecular complexity index is 256. The molecule has 0 atom stereocenters. The summed E-state index contributed by atoms with van der Waals surface area (Å²) >= 11 is 0. The van der Waals surface area contributed by atoms with E-state index in [0.29, 0.717) is 11.5 Å². The summed E-state index contributed by atoms with van der Waals surface area (Å²) in [6.45, 7) is 1.91. The third kappa shape index (κ3) is 1.62. The van der Waals surface area contributed by atoms with E-state index < -0.39 is 0 Å². The van der Waals surface area contributed by atoms with Crippen molar-refractivity contribution in [3.63, 3.8) is 0 Å². The monoisotopic (exact) mass is 155 g/mol. The van der Waals surface area contributed by atoms with E-state index in [9.17, 15) is 4.79 Å². The number of aromatic nitrogens is 2. The Morgan fingerprint density at radius 2 is 2.45 bits per heavy atom. The van der Waals surface area contributed by atoms with Crippen molar-refractivity contribution >= 4 is 5.78 Å². The van der Waals surface area contributed by atoms with Crippen LogP contribution in [0.1, 0.15) is 16.2 Å². The van der Waals surface area contributed by atoms with E-state index in [-0.39, 0.29) is 12.3 Å². The maximum absolute atomic E-state index is 11.1. The van der Waals surface area contributed by atoms with Crippen molar-refractivity contribution in [2.24, 2.45) is 0 Å². The summed E-state index contributed by atoms with van der Waals surface area (Å²) in [4.78, 5) is 11.1. The van der Waals surface area contributed by atoms with Crippen molar-refractivity contribution in [3.05, 3.63) is 11.5 Å². The maximum atomic E-state index is 11.1. The van der Waals surface area contributed by atoms with Gasteiger partial charge in [0.25, 0.3) is 0 Å². The Kier molecular flexibility index (Phi) is 2.32. The summed E-state index contributed by atoms with van der Waals surface area (Å²) in [6.07, 6.45) is 0. The molecular formula is C6H9N3O2. The molecule has 0 bridgehead atoms. The van der Waals surface area contributed by atoms with Crippen molar-refractivity contribution in [3.8, 4) is 0 Å². The molecular weight excluding hydrogens is 146 g/mol. The molecule has 11 heavy (non-hydrogen) atoms. The number of carbonyl (C=O) groups is 1. The summed E-state index contributed by atoms with van der Waals surface area (Å²) in [5.74, 6) is 0.358. The van der Waals surface area contributed by atoms with Gasteiger partial charge < -0.3 is 9.84 Å². The summed E-state index contributed by atoms with van der Waals surface area (Å²) in [5.41, 5.74) is 0.305. The lowest BCUT2D eigenvalue weighted by atomic mass is 10.2. The molecule has 0 aliphatic heterocycles. The van der Waals surface area contributed by atoms with Gasteiger partial charge in [-0.1, -0.05) is 0 Å². The van der Waals surface area contributed by atoms with Gasteiger partial charge in [-0.2, -0.15) is 0 Å². The molecule has 0 spiro atoms. The SMILES string of the molecule is CNCC(=O)c1nnoc1C. The normalized spacial score (nSPS) is 10.0. The van der Waals surface area contributed by atoms with Crippen molar-refractivity contribution in [2.45, 2.75) is 6.92 Å². The number of rotatable bonds is 3. The molecule has 0 fully saturated rings. The first-order valence-corrected chi connectivity index (χ1v) is 3.22. The van der Waals surface area contributed by atoms with E-state index >= 15 is 0 Å². The van der Waals surface area contributed by atoms with E-state index in [2.05, 4.69) is 20.2 Å². The average Bonchev–Trinajstić information content (AvgIpc) is 2.36. The number of likely N-dealkylation sites (N-methyl/N-ethyl adjacent to an activating group) is 1. The number of nitrogens with one attached hydrogen (secondary N) is 1. The smallest absolute Gasteiger partial charge is 0.200 e. The maximum Gasteiger partial charge on any atom is 0.200 e. The minimum absolute atomic E-state index is 0.105. The zero-order chi connectivity index (χ0) is 8.27. The number of nitrogens with zero attached hydrogens (tertiary/aromatic N) is 2. The van der Waals surface area contributed by atoms with Crippen LogP contribution in [-0.4, -0.2) is 29.7 Å². The highest BCUT2D eigenvalue weighted by molar-refractivity contribution is 5.96. The van der Waals surface area contributed by atoms with Crippen molar-refractivity contribution in [2.75, 3.05) is 13.6 Å². The molecule has 1 heterocycles. The van der Waals surface area contributed by atoms with E-state index in [0.717, 1.165) is 0 Å². The molecule has 60 valence electrons. The number of ketones is 1. The third-order valence-electron chi connectivity index (χ3n) is 1.25. The van der Waals surface area contributed by atoms with Gasteiger partial charge in [0, 0.05) is 5.27 Å². The molecule has 0 aromatic carbocycles. The predicted molar refractivity (Wildman–Crippen MR) is 37.3 cm³/mol. The Hall–Kier alpha value is -1.23. The first-order chi connectivity index (χ1) is 5.25. The lowest BCUT2D eigenvalue weighted by molar-refractivity contribution is 0.0988. The molecule has 1 aromatic rings.